The molecule has 12 rings (SSSR count). The summed E-state index contributed by atoms with van der Waals surface area (Å²) in [6.45, 7) is 22.3. The van der Waals surface area contributed by atoms with Gasteiger partial charge in [-0.3, -0.25) is 57.5 Å². The van der Waals surface area contributed by atoms with Crippen LogP contribution < -0.4 is 0 Å². The Kier molecular flexibility index (Phi) is 42.3. The number of carbonyl (C=O) groups is 12. The van der Waals surface area contributed by atoms with Crippen molar-refractivity contribution in [3.8, 4) is 0 Å². The first-order valence-corrected chi connectivity index (χ1v) is 42.5. The summed E-state index contributed by atoms with van der Waals surface area (Å²) in [4.78, 5) is 140. The van der Waals surface area contributed by atoms with E-state index >= 15 is 0 Å². The van der Waals surface area contributed by atoms with E-state index in [2.05, 4.69) is 0 Å². The average molecular weight is 1840 g/mol. The second kappa shape index (κ2) is 53.2. The topological polar surface area (TPSA) is 528 Å². The Bertz CT molecular complexity index is 5580. The van der Waals surface area contributed by atoms with E-state index in [1.807, 2.05) is 60.6 Å². The van der Waals surface area contributed by atoms with Gasteiger partial charge in [0.05, 0.1) is 0 Å². The van der Waals surface area contributed by atoms with Crippen molar-refractivity contribution in [1.29, 1.82) is 0 Å². The number of ketones is 6. The minimum atomic E-state index is -1.57. The monoisotopic (exact) mass is 1840 g/mol. The van der Waals surface area contributed by atoms with Gasteiger partial charge in [-0.2, -0.15) is 0 Å². The minimum absolute atomic E-state index is 0.00508. The van der Waals surface area contributed by atoms with E-state index in [4.69, 9.17) is 91.3 Å². The lowest BCUT2D eigenvalue weighted by atomic mass is 10.1. The number of Topliss-reactive ketones (excluding diaryl/α,β-unsaturated/α-hetero) is 6. The van der Waals surface area contributed by atoms with E-state index in [-0.39, 0.29) is 152 Å². The number of esters is 6. The molecule has 36 nitrogen and oxygen atoms in total. The highest BCUT2D eigenvalue weighted by atomic mass is 16.6. The molecule has 0 bridgehead atoms. The first kappa shape index (κ1) is 105. The Morgan fingerprint density at radius 3 is 0.735 bits per heavy atom. The van der Waals surface area contributed by atoms with Crippen LogP contribution in [0.3, 0.4) is 0 Å². The summed E-state index contributed by atoms with van der Waals surface area (Å²) in [7, 11) is 0. The SMILES string of the molecule is CCC(=O)OCc1ccc(C(O)C(=O)c2ccc(CC)o2)o1.CCC(=O)OCc1ccc(C(O)C(=O)c2ccc(COC(C)=O)o2)o1.CCC(=O)OCc1ccc(C(OC(=O)CC)C(=O)c2ccc(COC(C)=O)o2)o1.CCOC(C(=O)c1ccc(CC)o1)c1ccc(CC)o1.CCc1ccc(C(=O)C(O)c2ccc(CC)o2)o1.CCc1ccc(C(=O)C(O)c2ccc(CO)o2)o1. The molecule has 0 aliphatic carbocycles. The lowest BCUT2D eigenvalue weighted by Gasteiger charge is -2.13. The Balaban J connectivity index is 0.000000218. The highest BCUT2D eigenvalue weighted by molar-refractivity contribution is 6.00. The maximum absolute atomic E-state index is 12.8. The summed E-state index contributed by atoms with van der Waals surface area (Å²) >= 11 is 0. The van der Waals surface area contributed by atoms with Crippen molar-refractivity contribution in [3.05, 3.63) is 284 Å². The molecular weight excluding hydrogens is 1730 g/mol. The number of aliphatic hydroxyl groups excluding tert-OH is 5. The third-order valence-corrected chi connectivity index (χ3v) is 18.5. The van der Waals surface area contributed by atoms with Gasteiger partial charge in [-0.1, -0.05) is 69.2 Å². The number of hydrogen-bond donors (Lipinski definition) is 5. The standard InChI is InChI=1S/C20H22O9.C17H18O8.C16H18O6.C16H20O4.C14H16O4.C13H14O5/c1-4-17(22)26-11-14-7-9-16(28-14)20(29-18(23)5-2)19(24)15-8-6-13(27-15)10-25-12(3)21;1-3-15(19)23-9-12-5-7-14(25-12)17(21)16(20)13-6-4-11(24-13)8-22-10(2)18;1-3-10-5-7-12(21-10)15(18)16(19)13-8-6-11(22-13)9-20-14(17)4-2;1-4-11-7-9-13(19-11)15(17)16(18-6-3)14-10-8-12(5-2)20-14;1-3-9-5-7-11(17-9)13(15)14(16)12-8-6-10(4-2)18-12;1-2-8-3-5-10(17-8)12(15)13(16)11-6-4-9(7-14)18-11/h6-9,20H,4-5,10-11H2,1-3H3;4-7,17,21H,3,8-9H2,1-2H3;5-8,16,19H,3-4,9H2,1-2H3;7-10,16H,4-6H2,1-3H3;5-8,13,15H,3-4H2,1-2H3;3-6,13-14,16H,2,7H2,1H3. The number of rotatable bonds is 42. The van der Waals surface area contributed by atoms with Crippen molar-refractivity contribution in [3.63, 3.8) is 0 Å². The van der Waals surface area contributed by atoms with Crippen LogP contribution >= 0.6 is 0 Å². The van der Waals surface area contributed by atoms with Crippen LogP contribution in [-0.2, 0) is 140 Å². The van der Waals surface area contributed by atoms with E-state index in [1.165, 1.54) is 92.7 Å². The van der Waals surface area contributed by atoms with E-state index < -0.39 is 89.4 Å². The van der Waals surface area contributed by atoms with Gasteiger partial charge in [0.2, 0.25) is 40.8 Å². The fourth-order valence-electron chi connectivity index (χ4n) is 11.2. The molecule has 0 aliphatic heterocycles. The molecule has 36 heteroatoms. The molecule has 12 aromatic heterocycles. The number of aliphatic hydroxyl groups is 5. The predicted octanol–water partition coefficient (Wildman–Crippen LogP) is 17.1. The van der Waals surface area contributed by atoms with Crippen LogP contribution in [0.2, 0.25) is 0 Å². The van der Waals surface area contributed by atoms with Crippen LogP contribution in [0.15, 0.2) is 199 Å². The molecule has 0 fully saturated rings. The molecule has 0 spiro atoms. The Morgan fingerprint density at radius 1 is 0.250 bits per heavy atom. The highest BCUT2D eigenvalue weighted by Gasteiger charge is 2.34. The Labute approximate surface area is 757 Å². The van der Waals surface area contributed by atoms with Crippen LogP contribution in [0.5, 0.6) is 0 Å². The number of aryl methyl sites for hydroxylation is 6. The van der Waals surface area contributed by atoms with Crippen LogP contribution in [-0.4, -0.2) is 103 Å². The molecule has 0 aromatic carbocycles. The largest absolute Gasteiger partial charge is 0.463 e. The van der Waals surface area contributed by atoms with Gasteiger partial charge in [-0.25, -0.2) is 0 Å². The third kappa shape index (κ3) is 31.7. The van der Waals surface area contributed by atoms with Crippen LogP contribution in [0.4, 0.5) is 0 Å². The average Bonchev–Trinajstić information content (AvgIpc) is 1.67. The first-order valence-electron chi connectivity index (χ1n) is 42.5. The molecule has 0 aliphatic rings. The lowest BCUT2D eigenvalue weighted by Crippen LogP contribution is -2.19. The molecule has 12 heterocycles. The van der Waals surface area contributed by atoms with Crippen molar-refractivity contribution in [1.82, 2.24) is 0 Å². The molecule has 0 saturated carbocycles. The first-order chi connectivity index (χ1) is 63.3. The molecule has 5 N–H and O–H groups in total. The van der Waals surface area contributed by atoms with Crippen molar-refractivity contribution < 1.29 is 169 Å². The van der Waals surface area contributed by atoms with Gasteiger partial charge in [0, 0.05) is 84.7 Å². The molecule has 0 saturated heterocycles. The molecule has 6 unspecified atom stereocenters. The van der Waals surface area contributed by atoms with Gasteiger partial charge >= 0.3 is 35.8 Å². The van der Waals surface area contributed by atoms with Crippen molar-refractivity contribution in [2.45, 2.75) is 230 Å². The molecule has 6 atom stereocenters. The van der Waals surface area contributed by atoms with Gasteiger partial charge in [0.1, 0.15) is 138 Å². The van der Waals surface area contributed by atoms with E-state index in [1.54, 1.807) is 82.3 Å². The smallest absolute Gasteiger partial charge is 0.306 e. The van der Waals surface area contributed by atoms with Gasteiger partial charge in [0.15, 0.2) is 70.8 Å². The number of furan rings is 12. The second-order valence-corrected chi connectivity index (χ2v) is 28.2. The van der Waals surface area contributed by atoms with Gasteiger partial charge < -0.3 is 112 Å². The van der Waals surface area contributed by atoms with E-state index in [0.29, 0.717) is 72.0 Å². The molecule has 0 radical (unpaired) electrons. The van der Waals surface area contributed by atoms with Gasteiger partial charge in [0.25, 0.3) is 0 Å². The minimum Gasteiger partial charge on any atom is -0.463 e. The summed E-state index contributed by atoms with van der Waals surface area (Å²) in [6.07, 6.45) is -2.74. The van der Waals surface area contributed by atoms with Crippen LogP contribution in [0, 0.1) is 0 Å². The summed E-state index contributed by atoms with van der Waals surface area (Å²) in [5.41, 5.74) is 0. The van der Waals surface area contributed by atoms with E-state index in [0.717, 1.165) is 42.3 Å². The maximum atomic E-state index is 12.8. The van der Waals surface area contributed by atoms with Crippen LogP contribution in [0.25, 0.3) is 0 Å². The fourth-order valence-corrected chi connectivity index (χ4v) is 11.2. The van der Waals surface area contributed by atoms with Crippen molar-refractivity contribution in [2.75, 3.05) is 6.61 Å². The zero-order valence-corrected chi connectivity index (χ0v) is 75.2. The second-order valence-electron chi connectivity index (χ2n) is 28.2. The Morgan fingerprint density at radius 2 is 0.462 bits per heavy atom. The van der Waals surface area contributed by atoms with Crippen LogP contribution in [0.1, 0.15) is 319 Å². The van der Waals surface area contributed by atoms with Gasteiger partial charge in [-0.05, 0) is 153 Å². The lowest BCUT2D eigenvalue weighted by molar-refractivity contribution is -0.148. The summed E-state index contributed by atoms with van der Waals surface area (Å²) < 4.78 is 99.5. The quantitative estimate of drug-likeness (QED) is 0.0135. The zero-order valence-electron chi connectivity index (χ0n) is 75.2. The molecule has 132 heavy (non-hydrogen) atoms. The normalized spacial score (nSPS) is 12.1. The predicted molar refractivity (Wildman–Crippen MR) is 457 cm³/mol. The number of ether oxygens (including phenoxy) is 7. The molecular formula is C96H108O36. The highest BCUT2D eigenvalue weighted by Crippen LogP contribution is 2.32. The van der Waals surface area contributed by atoms with Gasteiger partial charge in [-0.15, -0.1) is 0 Å². The molecule has 708 valence electrons. The van der Waals surface area contributed by atoms with Crippen molar-refractivity contribution in [2.24, 2.45) is 0 Å². The summed E-state index contributed by atoms with van der Waals surface area (Å²) in [5.74, 6) is 1.86. The maximum Gasteiger partial charge on any atom is 0.306 e. The molecule has 0 amide bonds. The molecule has 12 aromatic rings. The fraction of sp³-hybridized carbons (Fsp3) is 0.375. The summed E-state index contributed by atoms with van der Waals surface area (Å²) in [6, 6.07) is 37.9. The zero-order chi connectivity index (χ0) is 96.7. The Hall–Kier alpha value is -14.0. The number of carbonyl (C=O) groups excluding carboxylic acids is 12. The number of hydrogen-bond acceptors (Lipinski definition) is 36. The van der Waals surface area contributed by atoms with Crippen molar-refractivity contribution >= 4 is 70.5 Å². The summed E-state index contributed by atoms with van der Waals surface area (Å²) in [5, 5.41) is 48.8. The third-order valence-electron chi connectivity index (χ3n) is 18.5. The van der Waals surface area contributed by atoms with E-state index in [9.17, 15) is 78.0 Å².